The molecule has 1 atom stereocenters. The number of amides is 2. The van der Waals surface area contributed by atoms with Crippen LogP contribution in [0.1, 0.15) is 45.5 Å². The Hall–Kier alpha value is -4.70. The van der Waals surface area contributed by atoms with Gasteiger partial charge in [-0.1, -0.05) is 25.7 Å². The van der Waals surface area contributed by atoms with Crippen LogP contribution in [0.15, 0.2) is 42.6 Å². The van der Waals surface area contributed by atoms with E-state index in [1.54, 1.807) is 12.3 Å². The molecule has 3 aromatic rings. The summed E-state index contributed by atoms with van der Waals surface area (Å²) in [7, 11) is -1.49. The predicted molar refractivity (Wildman–Crippen MR) is 197 cm³/mol. The van der Waals surface area contributed by atoms with Gasteiger partial charge in [0.15, 0.2) is 5.82 Å². The molecule has 13 heteroatoms. The maximum atomic E-state index is 14.4. The molecule has 0 aliphatic carbocycles. The Labute approximate surface area is 295 Å². The molecule has 2 fully saturated rings. The number of nitrogens with zero attached hydrogens (tertiary/aromatic N) is 7. The minimum Gasteiger partial charge on any atom is -0.465 e. The number of rotatable bonds is 10. The summed E-state index contributed by atoms with van der Waals surface area (Å²) in [5.41, 5.74) is 5.58. The Bertz CT molecular complexity index is 1740. The van der Waals surface area contributed by atoms with Crippen LogP contribution in [0.25, 0.3) is 0 Å². The Morgan fingerprint density at radius 1 is 1.08 bits per heavy atom. The van der Waals surface area contributed by atoms with Crippen molar-refractivity contribution in [3.05, 3.63) is 76.2 Å². The van der Waals surface area contributed by atoms with E-state index < -0.39 is 20.0 Å². The number of carbonyl (C=O) groups excluding carboxylic acids is 1. The summed E-state index contributed by atoms with van der Waals surface area (Å²) in [5.74, 6) is 0.190. The van der Waals surface area contributed by atoms with E-state index in [-0.39, 0.29) is 24.5 Å². The molecule has 0 unspecified atom stereocenters. The molecule has 2 aromatic carbocycles. The molecule has 2 saturated heterocycles. The molecule has 5 rings (SSSR count). The number of anilines is 3. The molecule has 0 radical (unpaired) electrons. The fourth-order valence-electron chi connectivity index (χ4n) is 7.17. The number of nitriles is 1. The largest absolute Gasteiger partial charge is 0.465 e. The van der Waals surface area contributed by atoms with Crippen molar-refractivity contribution in [1.82, 2.24) is 20.0 Å². The number of piperazine rings is 1. The summed E-state index contributed by atoms with van der Waals surface area (Å²) < 4.78 is 13.7. The summed E-state index contributed by atoms with van der Waals surface area (Å²) in [4.78, 5) is 34.4. The third kappa shape index (κ3) is 8.53. The quantitative estimate of drug-likeness (QED) is 0.240. The van der Waals surface area contributed by atoms with Crippen molar-refractivity contribution in [1.29, 1.82) is 5.26 Å². The zero-order valence-electron chi connectivity index (χ0n) is 30.0. The lowest BCUT2D eigenvalue weighted by atomic mass is 9.94. The van der Waals surface area contributed by atoms with Crippen LogP contribution >= 0.6 is 0 Å². The molecule has 0 saturated carbocycles. The van der Waals surface area contributed by atoms with Crippen LogP contribution in [-0.4, -0.2) is 103 Å². The Morgan fingerprint density at radius 3 is 2.46 bits per heavy atom. The highest BCUT2D eigenvalue weighted by molar-refractivity contribution is 6.76. The van der Waals surface area contributed by atoms with Gasteiger partial charge in [0.2, 0.25) is 0 Å². The number of carbonyl (C=O) groups is 2. The van der Waals surface area contributed by atoms with Crippen molar-refractivity contribution >= 4 is 37.3 Å². The zero-order valence-corrected chi connectivity index (χ0v) is 31.0. The molecule has 2 N–H and O–H groups in total. The van der Waals surface area contributed by atoms with Crippen LogP contribution in [0, 0.1) is 37.9 Å². The fourth-order valence-corrected chi connectivity index (χ4v) is 8.11. The third-order valence-corrected chi connectivity index (χ3v) is 11.6. The van der Waals surface area contributed by atoms with Crippen molar-refractivity contribution in [2.75, 3.05) is 60.9 Å². The van der Waals surface area contributed by atoms with Crippen molar-refractivity contribution in [2.45, 2.75) is 71.4 Å². The second kappa shape index (κ2) is 15.5. The number of aryl methyl sites for hydroxylation is 2. The maximum absolute atomic E-state index is 14.4. The molecule has 2 aliphatic heterocycles. The van der Waals surface area contributed by atoms with Gasteiger partial charge in [0.05, 0.1) is 17.3 Å². The molecular weight excluding hydrogens is 652 g/mol. The highest BCUT2D eigenvalue weighted by Crippen LogP contribution is 2.32. The van der Waals surface area contributed by atoms with E-state index in [1.165, 1.54) is 17.0 Å². The van der Waals surface area contributed by atoms with Crippen LogP contribution in [0.5, 0.6) is 0 Å². The molecule has 50 heavy (non-hydrogen) atoms. The second-order valence-corrected chi connectivity index (χ2v) is 20.4. The summed E-state index contributed by atoms with van der Waals surface area (Å²) in [6, 6.07) is 13.0. The maximum Gasteiger partial charge on any atom is 0.407 e. The highest BCUT2D eigenvalue weighted by Gasteiger charge is 2.35. The monoisotopic (exact) mass is 700 g/mol. The summed E-state index contributed by atoms with van der Waals surface area (Å²) in [6.45, 7) is 16.2. The second-order valence-electron chi connectivity index (χ2n) is 14.8. The molecule has 3 heterocycles. The molecule has 0 spiro atoms. The first-order valence-corrected chi connectivity index (χ1v) is 21.1. The van der Waals surface area contributed by atoms with Crippen LogP contribution in [0.2, 0.25) is 25.7 Å². The van der Waals surface area contributed by atoms with Crippen molar-refractivity contribution in [3.63, 3.8) is 0 Å². The number of aromatic nitrogens is 2. The zero-order chi connectivity index (χ0) is 36.2. The molecule has 0 bridgehead atoms. The molecule has 11 nitrogen and oxygen atoms in total. The van der Waals surface area contributed by atoms with E-state index in [1.807, 2.05) is 30.9 Å². The normalized spacial score (nSPS) is 17.0. The smallest absolute Gasteiger partial charge is 0.407 e. The van der Waals surface area contributed by atoms with Crippen LogP contribution in [-0.2, 0) is 0 Å². The van der Waals surface area contributed by atoms with Crippen molar-refractivity contribution in [3.8, 4) is 6.07 Å². The lowest BCUT2D eigenvalue weighted by Gasteiger charge is -2.43. The van der Waals surface area contributed by atoms with E-state index in [2.05, 4.69) is 64.0 Å². The Balaban J connectivity index is 1.34. The summed E-state index contributed by atoms with van der Waals surface area (Å²) >= 11 is 0. The van der Waals surface area contributed by atoms with Gasteiger partial charge in [-0.05, 0) is 86.7 Å². The third-order valence-electron chi connectivity index (χ3n) is 9.90. The molecule has 266 valence electrons. The number of hydrogen-bond donors (Lipinski definition) is 2. The van der Waals surface area contributed by atoms with Gasteiger partial charge in [0.25, 0.3) is 5.91 Å². The lowest BCUT2D eigenvalue weighted by molar-refractivity contribution is 0.0705. The average molecular weight is 701 g/mol. The van der Waals surface area contributed by atoms with Crippen molar-refractivity contribution < 1.29 is 19.1 Å². The van der Waals surface area contributed by atoms with E-state index in [4.69, 9.17) is 0 Å². The van der Waals surface area contributed by atoms with Gasteiger partial charge in [-0.25, -0.2) is 9.18 Å². The van der Waals surface area contributed by atoms with Crippen molar-refractivity contribution in [2.24, 2.45) is 0 Å². The first kappa shape index (κ1) is 36.6. The standard InChI is InChI=1S/C37H49FN8O3Si/c1-25-20-26(2)35(41-30-11-14-43(15-12-30)32-10-9-29(38)21-28(32)22-39)27(3)34(25)36(47)44-16-17-46(33-8-7-13-40-42-33)31(23-44)24-45(37(48)49)18-19-50(4,5)6/h7-10,13,20-21,30-31,41H,11-12,14-19,23-24H2,1-6H3,(H,48,49)/t31-/m1/s1. The van der Waals surface area contributed by atoms with Crippen LogP contribution < -0.4 is 15.1 Å². The number of carboxylic acid groups (broad SMARTS) is 1. The van der Waals surface area contributed by atoms with E-state index in [0.29, 0.717) is 43.1 Å². The van der Waals surface area contributed by atoms with Gasteiger partial charge in [-0.15, -0.1) is 5.10 Å². The van der Waals surface area contributed by atoms with Gasteiger partial charge in [-0.2, -0.15) is 10.4 Å². The Morgan fingerprint density at radius 2 is 1.82 bits per heavy atom. The topological polar surface area (TPSA) is 129 Å². The van der Waals surface area contributed by atoms with Gasteiger partial charge in [0.1, 0.15) is 11.9 Å². The number of benzene rings is 2. The predicted octanol–water partition coefficient (Wildman–Crippen LogP) is 6.14. The molecular formula is C37H49FN8O3Si. The first-order chi connectivity index (χ1) is 23.8. The lowest BCUT2D eigenvalue weighted by Crippen LogP contribution is -2.59. The minimum atomic E-state index is -1.49. The number of nitrogens with one attached hydrogen (secondary N) is 1. The minimum absolute atomic E-state index is 0.0639. The number of halogens is 1. The Kier molecular flexibility index (Phi) is 11.3. The van der Waals surface area contributed by atoms with E-state index in [9.17, 15) is 24.3 Å². The van der Waals surface area contributed by atoms with Gasteiger partial charge >= 0.3 is 6.09 Å². The van der Waals surface area contributed by atoms with Gasteiger partial charge < -0.3 is 30.0 Å². The summed E-state index contributed by atoms with van der Waals surface area (Å²) in [5, 5.41) is 31.8. The fraction of sp³-hybridized carbons (Fsp3) is 0.486. The molecule has 2 amide bonds. The number of piperidine rings is 1. The SMILES string of the molecule is Cc1cc(C)c(C(=O)N2CCN(c3cccnn3)[C@@H](CN(CC[Si](C)(C)C)C(=O)O)C2)c(C)c1NC1CCN(c2ccc(F)cc2C#N)CC1. The molecule has 1 aromatic heterocycles. The highest BCUT2D eigenvalue weighted by atomic mass is 28.3. The van der Waals surface area contributed by atoms with Crippen LogP contribution in [0.3, 0.4) is 0 Å². The van der Waals surface area contributed by atoms with Gasteiger partial charge in [-0.3, -0.25) is 4.79 Å². The van der Waals surface area contributed by atoms with Crippen LogP contribution in [0.4, 0.5) is 26.4 Å². The molecule has 2 aliphatic rings. The first-order valence-electron chi connectivity index (χ1n) is 17.4. The summed E-state index contributed by atoms with van der Waals surface area (Å²) in [6.07, 6.45) is 2.30. The van der Waals surface area contributed by atoms with Gasteiger partial charge in [0, 0.05) is 77.4 Å². The van der Waals surface area contributed by atoms with E-state index >= 15 is 0 Å². The van der Waals surface area contributed by atoms with E-state index in [0.717, 1.165) is 60.0 Å². The number of hydrogen-bond acceptors (Lipinski definition) is 8. The average Bonchev–Trinajstić information content (AvgIpc) is 3.08.